The minimum Gasteiger partial charge on any atom is -0.352 e. The third-order valence-corrected chi connectivity index (χ3v) is 4.33. The molecule has 130 valence electrons. The first-order chi connectivity index (χ1) is 11.7. The molecule has 3 rings (SSSR count). The highest BCUT2D eigenvalue weighted by atomic mass is 16.7. The second-order valence-corrected chi connectivity index (χ2v) is 6.24. The molecule has 0 saturated carbocycles. The maximum Gasteiger partial charge on any atom is 0.245 e. The van der Waals surface area contributed by atoms with E-state index in [0.29, 0.717) is 26.2 Å². The molecule has 2 amide bonds. The van der Waals surface area contributed by atoms with Gasteiger partial charge in [0.15, 0.2) is 6.29 Å². The lowest BCUT2D eigenvalue weighted by atomic mass is 10.0. The summed E-state index contributed by atoms with van der Waals surface area (Å²) in [6.45, 7) is 2.55. The average Bonchev–Trinajstić information content (AvgIpc) is 2.60. The quantitative estimate of drug-likeness (QED) is 0.886. The molecule has 0 aromatic heterocycles. The predicted molar refractivity (Wildman–Crippen MR) is 87.9 cm³/mol. The molecule has 2 aliphatic rings. The molecule has 0 bridgehead atoms. The molecule has 0 spiro atoms. The van der Waals surface area contributed by atoms with Crippen molar-refractivity contribution < 1.29 is 19.1 Å². The summed E-state index contributed by atoms with van der Waals surface area (Å²) in [4.78, 5) is 26.6. The third kappa shape index (κ3) is 4.55. The van der Waals surface area contributed by atoms with E-state index in [1.807, 2.05) is 35.2 Å². The molecule has 2 fully saturated rings. The predicted octanol–water partition coefficient (Wildman–Crippen LogP) is 1.45. The van der Waals surface area contributed by atoms with E-state index in [0.717, 1.165) is 24.9 Å². The Morgan fingerprint density at radius 1 is 1.17 bits per heavy atom. The van der Waals surface area contributed by atoms with Gasteiger partial charge in [-0.05, 0) is 24.8 Å². The Labute approximate surface area is 142 Å². The fourth-order valence-corrected chi connectivity index (χ4v) is 3.09. The van der Waals surface area contributed by atoms with Gasteiger partial charge >= 0.3 is 0 Å². The number of carbonyl (C=O) groups is 2. The summed E-state index contributed by atoms with van der Waals surface area (Å²) >= 11 is 0. The molecule has 6 nitrogen and oxygen atoms in total. The maximum absolute atomic E-state index is 12.6. The number of hydrogen-bond acceptors (Lipinski definition) is 4. The Hall–Kier alpha value is -1.92. The molecule has 0 radical (unpaired) electrons. The number of hydrogen-bond donors (Lipinski definition) is 1. The number of piperidine rings is 1. The summed E-state index contributed by atoms with van der Waals surface area (Å²) in [7, 11) is 0. The van der Waals surface area contributed by atoms with E-state index in [2.05, 4.69) is 5.32 Å². The van der Waals surface area contributed by atoms with Crippen LogP contribution in [0.1, 0.15) is 31.2 Å². The lowest BCUT2D eigenvalue weighted by molar-refractivity contribution is -0.184. The summed E-state index contributed by atoms with van der Waals surface area (Å²) in [5, 5.41) is 2.84. The van der Waals surface area contributed by atoms with Gasteiger partial charge in [0.25, 0.3) is 0 Å². The Morgan fingerprint density at radius 2 is 1.92 bits per heavy atom. The molecule has 1 aromatic rings. The highest BCUT2D eigenvalue weighted by molar-refractivity contribution is 5.88. The summed E-state index contributed by atoms with van der Waals surface area (Å²) in [5.41, 5.74) is 1.10. The van der Waals surface area contributed by atoms with Crippen LogP contribution in [0.25, 0.3) is 0 Å². The van der Waals surface area contributed by atoms with Crippen LogP contribution in [-0.2, 0) is 25.6 Å². The number of amides is 2. The number of carbonyl (C=O) groups excluding carboxylic acids is 2. The first-order valence-corrected chi connectivity index (χ1v) is 8.57. The van der Waals surface area contributed by atoms with Crippen molar-refractivity contribution in [2.45, 2.75) is 44.6 Å². The molecule has 0 aliphatic carbocycles. The second kappa shape index (κ2) is 8.26. The van der Waals surface area contributed by atoms with Gasteiger partial charge in [0.2, 0.25) is 11.8 Å². The summed E-state index contributed by atoms with van der Waals surface area (Å²) in [5.74, 6) is -0.203. The van der Waals surface area contributed by atoms with Gasteiger partial charge in [-0.2, -0.15) is 0 Å². The van der Waals surface area contributed by atoms with Gasteiger partial charge in [0.1, 0.15) is 6.04 Å². The van der Waals surface area contributed by atoms with Crippen molar-refractivity contribution in [2.24, 2.45) is 0 Å². The number of ether oxygens (including phenoxy) is 2. The lowest BCUT2D eigenvalue weighted by Gasteiger charge is -2.33. The zero-order chi connectivity index (χ0) is 16.8. The van der Waals surface area contributed by atoms with Crippen LogP contribution in [0, 0.1) is 0 Å². The van der Waals surface area contributed by atoms with E-state index < -0.39 is 12.3 Å². The molecule has 0 unspecified atom stereocenters. The Bertz CT molecular complexity index is 557. The highest BCUT2D eigenvalue weighted by Gasteiger charge is 2.30. The van der Waals surface area contributed by atoms with E-state index in [-0.39, 0.29) is 18.2 Å². The SMILES string of the molecule is O=C(CC1OCCCO1)N[C@@H]1CCCN(Cc2ccccc2)C1=O. The fraction of sp³-hybridized carbons (Fsp3) is 0.556. The van der Waals surface area contributed by atoms with E-state index in [9.17, 15) is 9.59 Å². The summed E-state index contributed by atoms with van der Waals surface area (Å²) < 4.78 is 10.8. The average molecular weight is 332 g/mol. The Kier molecular flexibility index (Phi) is 5.82. The molecular weight excluding hydrogens is 308 g/mol. The van der Waals surface area contributed by atoms with Crippen molar-refractivity contribution in [1.82, 2.24) is 10.2 Å². The first kappa shape index (κ1) is 16.9. The van der Waals surface area contributed by atoms with Crippen molar-refractivity contribution in [2.75, 3.05) is 19.8 Å². The topological polar surface area (TPSA) is 67.9 Å². The van der Waals surface area contributed by atoms with Gasteiger partial charge in [0.05, 0.1) is 19.6 Å². The monoisotopic (exact) mass is 332 g/mol. The van der Waals surface area contributed by atoms with Crippen LogP contribution in [0.15, 0.2) is 30.3 Å². The zero-order valence-electron chi connectivity index (χ0n) is 13.8. The van der Waals surface area contributed by atoms with Crippen molar-refractivity contribution in [3.05, 3.63) is 35.9 Å². The number of benzene rings is 1. The normalized spacial score (nSPS) is 22.4. The molecule has 1 atom stereocenters. The highest BCUT2D eigenvalue weighted by Crippen LogP contribution is 2.16. The summed E-state index contributed by atoms with van der Waals surface area (Å²) in [6, 6.07) is 9.46. The van der Waals surface area contributed by atoms with Gasteiger partial charge in [-0.1, -0.05) is 30.3 Å². The molecular formula is C18H24N2O4. The van der Waals surface area contributed by atoms with Crippen LogP contribution in [0.2, 0.25) is 0 Å². The van der Waals surface area contributed by atoms with Gasteiger partial charge in [-0.15, -0.1) is 0 Å². The van der Waals surface area contributed by atoms with Crippen LogP contribution in [0.4, 0.5) is 0 Å². The van der Waals surface area contributed by atoms with Crippen molar-refractivity contribution >= 4 is 11.8 Å². The van der Waals surface area contributed by atoms with E-state index in [1.165, 1.54) is 0 Å². The largest absolute Gasteiger partial charge is 0.352 e. The minimum atomic E-state index is -0.488. The van der Waals surface area contributed by atoms with Crippen LogP contribution in [0.3, 0.4) is 0 Å². The van der Waals surface area contributed by atoms with Gasteiger partial charge in [-0.25, -0.2) is 0 Å². The Balaban J connectivity index is 1.51. The lowest BCUT2D eigenvalue weighted by Crippen LogP contribution is -2.52. The van der Waals surface area contributed by atoms with Crippen molar-refractivity contribution in [3.8, 4) is 0 Å². The zero-order valence-corrected chi connectivity index (χ0v) is 13.8. The maximum atomic E-state index is 12.6. The molecule has 6 heteroatoms. The van der Waals surface area contributed by atoms with Crippen LogP contribution < -0.4 is 5.32 Å². The fourth-order valence-electron chi connectivity index (χ4n) is 3.09. The van der Waals surface area contributed by atoms with Gasteiger partial charge in [0, 0.05) is 13.1 Å². The number of nitrogens with one attached hydrogen (secondary N) is 1. The molecule has 2 heterocycles. The van der Waals surface area contributed by atoms with Gasteiger partial charge < -0.3 is 19.7 Å². The van der Waals surface area contributed by atoms with Crippen molar-refractivity contribution in [3.63, 3.8) is 0 Å². The Morgan fingerprint density at radius 3 is 2.67 bits per heavy atom. The van der Waals surface area contributed by atoms with E-state index in [4.69, 9.17) is 9.47 Å². The minimum absolute atomic E-state index is 0.0102. The number of rotatable bonds is 5. The van der Waals surface area contributed by atoms with E-state index >= 15 is 0 Å². The molecule has 2 aliphatic heterocycles. The molecule has 2 saturated heterocycles. The van der Waals surface area contributed by atoms with E-state index in [1.54, 1.807) is 0 Å². The number of likely N-dealkylation sites (tertiary alicyclic amines) is 1. The molecule has 1 aromatic carbocycles. The second-order valence-electron chi connectivity index (χ2n) is 6.24. The van der Waals surface area contributed by atoms with Crippen LogP contribution in [-0.4, -0.2) is 48.8 Å². The number of nitrogens with zero attached hydrogens (tertiary/aromatic N) is 1. The first-order valence-electron chi connectivity index (χ1n) is 8.57. The third-order valence-electron chi connectivity index (χ3n) is 4.33. The molecule has 1 N–H and O–H groups in total. The van der Waals surface area contributed by atoms with Crippen LogP contribution in [0.5, 0.6) is 0 Å². The van der Waals surface area contributed by atoms with Crippen LogP contribution >= 0.6 is 0 Å². The molecule has 24 heavy (non-hydrogen) atoms. The standard InChI is InChI=1S/C18H24N2O4/c21-16(12-17-23-10-5-11-24-17)19-15-8-4-9-20(18(15)22)13-14-6-2-1-3-7-14/h1-3,6-7,15,17H,4-5,8-13H2,(H,19,21)/t15-/m1/s1. The summed E-state index contributed by atoms with van der Waals surface area (Å²) in [6.07, 6.45) is 2.08. The van der Waals surface area contributed by atoms with Crippen molar-refractivity contribution in [1.29, 1.82) is 0 Å². The smallest absolute Gasteiger partial charge is 0.245 e. The van der Waals surface area contributed by atoms with Gasteiger partial charge in [-0.3, -0.25) is 9.59 Å².